The SMILES string of the molecule is C=CC(=O)Nc1cc(S(=O)(=O)N(C)C)ccc1Cl. The van der Waals surface area contributed by atoms with E-state index in [1.807, 2.05) is 0 Å². The lowest BCUT2D eigenvalue weighted by molar-refractivity contribution is -0.111. The molecule has 0 unspecified atom stereocenters. The third kappa shape index (κ3) is 3.10. The summed E-state index contributed by atoms with van der Waals surface area (Å²) in [5.74, 6) is -0.462. The van der Waals surface area contributed by atoms with Crippen LogP contribution in [-0.2, 0) is 14.8 Å². The summed E-state index contributed by atoms with van der Waals surface area (Å²) in [6.45, 7) is 3.30. The molecule has 1 N–H and O–H groups in total. The zero-order valence-corrected chi connectivity index (χ0v) is 11.5. The number of hydrogen-bond donors (Lipinski definition) is 1. The summed E-state index contributed by atoms with van der Waals surface area (Å²) in [5.41, 5.74) is 0.226. The fraction of sp³-hybridized carbons (Fsp3) is 0.182. The number of carbonyl (C=O) groups excluding carboxylic acids is 1. The van der Waals surface area contributed by atoms with Gasteiger partial charge in [0.15, 0.2) is 0 Å². The highest BCUT2D eigenvalue weighted by Gasteiger charge is 2.18. The van der Waals surface area contributed by atoms with E-state index in [1.54, 1.807) is 0 Å². The van der Waals surface area contributed by atoms with E-state index < -0.39 is 15.9 Å². The second-order valence-electron chi connectivity index (χ2n) is 3.62. The van der Waals surface area contributed by atoms with Crippen LogP contribution >= 0.6 is 11.6 Å². The monoisotopic (exact) mass is 288 g/mol. The van der Waals surface area contributed by atoms with Gasteiger partial charge in [-0.05, 0) is 24.3 Å². The third-order valence-electron chi connectivity index (χ3n) is 2.16. The predicted octanol–water partition coefficient (Wildman–Crippen LogP) is 1.71. The molecular weight excluding hydrogens is 276 g/mol. The molecule has 0 radical (unpaired) electrons. The molecule has 5 nitrogen and oxygen atoms in total. The normalized spacial score (nSPS) is 11.3. The summed E-state index contributed by atoms with van der Waals surface area (Å²) >= 11 is 5.87. The summed E-state index contributed by atoms with van der Waals surface area (Å²) in [5, 5.41) is 2.69. The van der Waals surface area contributed by atoms with E-state index in [-0.39, 0.29) is 15.6 Å². The second kappa shape index (κ2) is 5.51. The largest absolute Gasteiger partial charge is 0.321 e. The van der Waals surface area contributed by atoms with Gasteiger partial charge in [0.05, 0.1) is 15.6 Å². The van der Waals surface area contributed by atoms with Gasteiger partial charge in [-0.1, -0.05) is 18.2 Å². The Kier molecular flexibility index (Phi) is 4.50. The van der Waals surface area contributed by atoms with E-state index in [9.17, 15) is 13.2 Å². The van der Waals surface area contributed by atoms with Crippen LogP contribution in [0.2, 0.25) is 5.02 Å². The van der Waals surface area contributed by atoms with Gasteiger partial charge in [-0.25, -0.2) is 12.7 Å². The topological polar surface area (TPSA) is 66.5 Å². The summed E-state index contributed by atoms with van der Waals surface area (Å²) < 4.78 is 24.9. The Bertz CT molecular complexity index is 582. The highest BCUT2D eigenvalue weighted by Crippen LogP contribution is 2.26. The fourth-order valence-corrected chi connectivity index (χ4v) is 2.25. The van der Waals surface area contributed by atoms with Crippen molar-refractivity contribution in [2.24, 2.45) is 0 Å². The zero-order chi connectivity index (χ0) is 13.9. The zero-order valence-electron chi connectivity index (χ0n) is 9.97. The number of rotatable bonds is 4. The molecule has 0 aromatic heterocycles. The van der Waals surface area contributed by atoms with Crippen LogP contribution in [0.5, 0.6) is 0 Å². The number of sulfonamides is 1. The summed E-state index contributed by atoms with van der Waals surface area (Å²) in [6.07, 6.45) is 1.07. The molecule has 1 amide bonds. The first-order valence-corrected chi connectivity index (χ1v) is 6.76. The number of hydrogen-bond acceptors (Lipinski definition) is 3. The molecule has 7 heteroatoms. The van der Waals surface area contributed by atoms with Crippen LogP contribution < -0.4 is 5.32 Å². The molecule has 0 aliphatic rings. The molecule has 0 saturated heterocycles. The number of nitrogens with zero attached hydrogens (tertiary/aromatic N) is 1. The van der Waals surface area contributed by atoms with Crippen molar-refractivity contribution in [1.29, 1.82) is 0 Å². The average Bonchev–Trinajstić information content (AvgIpc) is 2.31. The van der Waals surface area contributed by atoms with Crippen LogP contribution in [0.3, 0.4) is 0 Å². The molecule has 1 aromatic carbocycles. The molecule has 1 aromatic rings. The first-order valence-electron chi connectivity index (χ1n) is 4.94. The first kappa shape index (κ1) is 14.7. The van der Waals surface area contributed by atoms with E-state index in [2.05, 4.69) is 11.9 Å². The van der Waals surface area contributed by atoms with E-state index in [0.717, 1.165) is 10.4 Å². The van der Waals surface area contributed by atoms with E-state index in [0.29, 0.717) is 0 Å². The number of halogens is 1. The van der Waals surface area contributed by atoms with Gasteiger partial charge in [0.1, 0.15) is 0 Å². The molecule has 0 bridgehead atoms. The van der Waals surface area contributed by atoms with Gasteiger partial charge in [0.2, 0.25) is 15.9 Å². The standard InChI is InChI=1S/C11H13ClN2O3S/c1-4-11(15)13-10-7-8(5-6-9(10)12)18(16,17)14(2)3/h4-7H,1H2,2-3H3,(H,13,15). The molecule has 0 atom stereocenters. The quantitative estimate of drug-likeness (QED) is 0.858. The number of anilines is 1. The predicted molar refractivity (Wildman–Crippen MR) is 71.2 cm³/mol. The molecule has 0 aliphatic heterocycles. The van der Waals surface area contributed by atoms with Crippen molar-refractivity contribution in [2.75, 3.05) is 19.4 Å². The van der Waals surface area contributed by atoms with Crippen molar-refractivity contribution in [3.05, 3.63) is 35.9 Å². The lowest BCUT2D eigenvalue weighted by Crippen LogP contribution is -2.22. The van der Waals surface area contributed by atoms with Crippen molar-refractivity contribution in [3.8, 4) is 0 Å². The van der Waals surface area contributed by atoms with Gasteiger partial charge < -0.3 is 5.32 Å². The molecule has 0 aliphatic carbocycles. The molecule has 18 heavy (non-hydrogen) atoms. The van der Waals surface area contributed by atoms with Crippen molar-refractivity contribution in [2.45, 2.75) is 4.90 Å². The summed E-state index contributed by atoms with van der Waals surface area (Å²) in [4.78, 5) is 11.2. The number of benzene rings is 1. The van der Waals surface area contributed by atoms with Gasteiger partial charge in [0, 0.05) is 14.1 Å². The smallest absolute Gasteiger partial charge is 0.247 e. The van der Waals surface area contributed by atoms with Gasteiger partial charge >= 0.3 is 0 Å². The van der Waals surface area contributed by atoms with Gasteiger partial charge in [-0.3, -0.25) is 4.79 Å². The van der Waals surface area contributed by atoms with E-state index in [4.69, 9.17) is 11.6 Å². The van der Waals surface area contributed by atoms with Crippen LogP contribution in [0.25, 0.3) is 0 Å². The van der Waals surface area contributed by atoms with Crippen molar-refractivity contribution >= 4 is 33.2 Å². The molecule has 0 fully saturated rings. The first-order chi connectivity index (χ1) is 8.28. The lowest BCUT2D eigenvalue weighted by Gasteiger charge is -2.13. The summed E-state index contributed by atoms with van der Waals surface area (Å²) in [6, 6.07) is 4.09. The number of carbonyl (C=O) groups is 1. The maximum absolute atomic E-state index is 11.9. The minimum atomic E-state index is -3.56. The fourth-order valence-electron chi connectivity index (χ4n) is 1.16. The van der Waals surface area contributed by atoms with E-state index >= 15 is 0 Å². The molecule has 0 spiro atoms. The maximum atomic E-state index is 11.9. The van der Waals surface area contributed by atoms with Crippen LogP contribution in [0.15, 0.2) is 35.7 Å². The van der Waals surface area contributed by atoms with Crippen molar-refractivity contribution < 1.29 is 13.2 Å². The molecule has 0 saturated carbocycles. The van der Waals surface area contributed by atoms with Gasteiger partial charge in [-0.2, -0.15) is 0 Å². The number of amides is 1. The van der Waals surface area contributed by atoms with Crippen LogP contribution in [-0.4, -0.2) is 32.7 Å². The second-order valence-corrected chi connectivity index (χ2v) is 6.18. The Labute approximate surface area is 111 Å². The van der Waals surface area contributed by atoms with Crippen LogP contribution in [0.4, 0.5) is 5.69 Å². The average molecular weight is 289 g/mol. The Hall–Kier alpha value is -1.37. The molecule has 1 rings (SSSR count). The maximum Gasteiger partial charge on any atom is 0.247 e. The Balaban J connectivity index is 3.24. The van der Waals surface area contributed by atoms with E-state index in [1.165, 1.54) is 32.3 Å². The Morgan fingerprint density at radius 2 is 2.06 bits per heavy atom. The highest BCUT2D eigenvalue weighted by molar-refractivity contribution is 7.89. The third-order valence-corrected chi connectivity index (χ3v) is 4.30. The van der Waals surface area contributed by atoms with Gasteiger partial charge in [0.25, 0.3) is 0 Å². The molecular formula is C11H13ClN2O3S. The number of nitrogens with one attached hydrogen (secondary N) is 1. The molecule has 98 valence electrons. The van der Waals surface area contributed by atoms with Crippen molar-refractivity contribution in [3.63, 3.8) is 0 Å². The molecule has 0 heterocycles. The minimum absolute atomic E-state index is 0.0521. The highest BCUT2D eigenvalue weighted by atomic mass is 35.5. The van der Waals surface area contributed by atoms with Crippen LogP contribution in [0, 0.1) is 0 Å². The van der Waals surface area contributed by atoms with Crippen LogP contribution in [0.1, 0.15) is 0 Å². The van der Waals surface area contributed by atoms with Gasteiger partial charge in [-0.15, -0.1) is 0 Å². The summed E-state index contributed by atoms with van der Waals surface area (Å²) in [7, 11) is -0.716. The lowest BCUT2D eigenvalue weighted by atomic mass is 10.3. The van der Waals surface area contributed by atoms with Crippen molar-refractivity contribution in [1.82, 2.24) is 4.31 Å². The Morgan fingerprint density at radius 1 is 1.44 bits per heavy atom. The Morgan fingerprint density at radius 3 is 2.56 bits per heavy atom. The minimum Gasteiger partial charge on any atom is -0.321 e.